The van der Waals surface area contributed by atoms with Crippen molar-refractivity contribution in [1.29, 1.82) is 0 Å². The monoisotopic (exact) mass is 412 g/mol. The largest absolute Gasteiger partial charge is 0.425 e. The standard InChI is InChI=1S/C25H36N2O3/c1-4-6-8-9-10-11-12-21-18-26-24(27-19-21)22-13-15-23(16-14-22)30-25(28)20(3)29-17-7-5-2/h13-16,18-20H,4-12,17H2,1-3H3. The third-order valence-corrected chi connectivity index (χ3v) is 5.05. The Morgan fingerprint density at radius 2 is 1.53 bits per heavy atom. The third-order valence-electron chi connectivity index (χ3n) is 5.05. The van der Waals surface area contributed by atoms with Gasteiger partial charge in [0, 0.05) is 24.6 Å². The highest BCUT2D eigenvalue weighted by Crippen LogP contribution is 2.20. The number of aromatic nitrogens is 2. The average Bonchev–Trinajstić information content (AvgIpc) is 2.77. The lowest BCUT2D eigenvalue weighted by atomic mass is 10.1. The van der Waals surface area contributed by atoms with Gasteiger partial charge in [-0.1, -0.05) is 52.4 Å². The number of hydrogen-bond donors (Lipinski definition) is 0. The molecule has 0 aliphatic rings. The molecule has 0 bridgehead atoms. The molecule has 0 aliphatic heterocycles. The average molecular weight is 413 g/mol. The number of rotatable bonds is 14. The molecule has 30 heavy (non-hydrogen) atoms. The van der Waals surface area contributed by atoms with Crippen LogP contribution in [-0.2, 0) is 16.0 Å². The normalized spacial score (nSPS) is 12.0. The summed E-state index contributed by atoms with van der Waals surface area (Å²) in [7, 11) is 0. The Bertz CT molecular complexity index is 729. The van der Waals surface area contributed by atoms with Crippen LogP contribution in [0.25, 0.3) is 11.4 Å². The van der Waals surface area contributed by atoms with E-state index in [-0.39, 0.29) is 5.97 Å². The summed E-state index contributed by atoms with van der Waals surface area (Å²) in [6, 6.07) is 7.26. The zero-order chi connectivity index (χ0) is 21.6. The fourth-order valence-electron chi connectivity index (χ4n) is 3.09. The zero-order valence-corrected chi connectivity index (χ0v) is 18.7. The minimum absolute atomic E-state index is 0.380. The molecule has 1 aromatic heterocycles. The van der Waals surface area contributed by atoms with E-state index in [1.807, 2.05) is 24.5 Å². The van der Waals surface area contributed by atoms with E-state index in [1.54, 1.807) is 19.1 Å². The number of carbonyl (C=O) groups excluding carboxylic acids is 1. The van der Waals surface area contributed by atoms with E-state index in [1.165, 1.54) is 44.1 Å². The van der Waals surface area contributed by atoms with Crippen LogP contribution in [0.3, 0.4) is 0 Å². The summed E-state index contributed by atoms with van der Waals surface area (Å²) in [5.41, 5.74) is 2.07. The molecule has 1 atom stereocenters. The van der Waals surface area contributed by atoms with Crippen molar-refractivity contribution in [2.45, 2.75) is 84.7 Å². The fraction of sp³-hybridized carbons (Fsp3) is 0.560. The molecule has 0 spiro atoms. The maximum absolute atomic E-state index is 12.1. The molecule has 1 unspecified atom stereocenters. The Balaban J connectivity index is 1.80. The van der Waals surface area contributed by atoms with E-state index in [4.69, 9.17) is 9.47 Å². The Kier molecular flexibility index (Phi) is 11.1. The predicted octanol–water partition coefficient (Wildman–Crippen LogP) is 6.16. The molecular weight excluding hydrogens is 376 g/mol. The molecular formula is C25H36N2O3. The molecule has 2 rings (SSSR count). The van der Waals surface area contributed by atoms with Crippen molar-refractivity contribution in [3.05, 3.63) is 42.2 Å². The number of aryl methyl sites for hydroxylation is 1. The molecule has 0 aliphatic carbocycles. The van der Waals surface area contributed by atoms with Gasteiger partial charge in [0.05, 0.1) is 0 Å². The van der Waals surface area contributed by atoms with Crippen LogP contribution in [0.1, 0.15) is 77.7 Å². The van der Waals surface area contributed by atoms with Gasteiger partial charge >= 0.3 is 5.97 Å². The molecule has 0 radical (unpaired) electrons. The summed E-state index contributed by atoms with van der Waals surface area (Å²) in [5.74, 6) is 0.791. The van der Waals surface area contributed by atoms with Gasteiger partial charge in [0.25, 0.3) is 0 Å². The van der Waals surface area contributed by atoms with Crippen LogP contribution in [0.15, 0.2) is 36.7 Å². The van der Waals surface area contributed by atoms with Crippen LogP contribution >= 0.6 is 0 Å². The first-order chi connectivity index (χ1) is 14.6. The van der Waals surface area contributed by atoms with Crippen molar-refractivity contribution in [3.8, 4) is 17.1 Å². The summed E-state index contributed by atoms with van der Waals surface area (Å²) < 4.78 is 10.9. The maximum atomic E-state index is 12.1. The molecule has 1 heterocycles. The molecule has 2 aromatic rings. The quantitative estimate of drug-likeness (QED) is 0.211. The second-order valence-corrected chi connectivity index (χ2v) is 7.74. The Hall–Kier alpha value is -2.27. The molecule has 0 saturated carbocycles. The second kappa shape index (κ2) is 13.9. The van der Waals surface area contributed by atoms with E-state index in [9.17, 15) is 4.79 Å². The fourth-order valence-corrected chi connectivity index (χ4v) is 3.09. The third kappa shape index (κ3) is 8.62. The van der Waals surface area contributed by atoms with Crippen LogP contribution in [0.2, 0.25) is 0 Å². The van der Waals surface area contributed by atoms with Gasteiger partial charge in [0.15, 0.2) is 11.9 Å². The van der Waals surface area contributed by atoms with Crippen LogP contribution in [0.5, 0.6) is 5.75 Å². The number of nitrogens with zero attached hydrogens (tertiary/aromatic N) is 2. The van der Waals surface area contributed by atoms with Crippen molar-refractivity contribution in [2.24, 2.45) is 0 Å². The van der Waals surface area contributed by atoms with E-state index < -0.39 is 6.10 Å². The highest BCUT2D eigenvalue weighted by Gasteiger charge is 2.15. The first-order valence-corrected chi connectivity index (χ1v) is 11.4. The maximum Gasteiger partial charge on any atom is 0.340 e. The second-order valence-electron chi connectivity index (χ2n) is 7.74. The number of unbranched alkanes of at least 4 members (excludes halogenated alkanes) is 6. The summed E-state index contributed by atoms with van der Waals surface area (Å²) in [5, 5.41) is 0. The summed E-state index contributed by atoms with van der Waals surface area (Å²) in [6.45, 7) is 6.61. The van der Waals surface area contributed by atoms with Crippen molar-refractivity contribution < 1.29 is 14.3 Å². The minimum Gasteiger partial charge on any atom is -0.425 e. The van der Waals surface area contributed by atoms with Gasteiger partial charge in [-0.3, -0.25) is 0 Å². The van der Waals surface area contributed by atoms with Gasteiger partial charge in [-0.15, -0.1) is 0 Å². The highest BCUT2D eigenvalue weighted by atomic mass is 16.6. The minimum atomic E-state index is -0.571. The summed E-state index contributed by atoms with van der Waals surface area (Å²) in [4.78, 5) is 21.1. The van der Waals surface area contributed by atoms with Crippen molar-refractivity contribution in [1.82, 2.24) is 9.97 Å². The van der Waals surface area contributed by atoms with Crippen LogP contribution in [0.4, 0.5) is 0 Å². The Morgan fingerprint density at radius 3 is 2.20 bits per heavy atom. The lowest BCUT2D eigenvalue weighted by Gasteiger charge is -2.12. The topological polar surface area (TPSA) is 61.3 Å². The van der Waals surface area contributed by atoms with E-state index in [0.29, 0.717) is 18.2 Å². The zero-order valence-electron chi connectivity index (χ0n) is 18.7. The van der Waals surface area contributed by atoms with E-state index >= 15 is 0 Å². The molecule has 164 valence electrons. The molecule has 5 heteroatoms. The van der Waals surface area contributed by atoms with Gasteiger partial charge in [-0.2, -0.15) is 0 Å². The Labute approximate surface area is 181 Å². The summed E-state index contributed by atoms with van der Waals surface area (Å²) >= 11 is 0. The van der Waals surface area contributed by atoms with Gasteiger partial charge in [-0.25, -0.2) is 14.8 Å². The Morgan fingerprint density at radius 1 is 0.900 bits per heavy atom. The number of ether oxygens (including phenoxy) is 2. The van der Waals surface area contributed by atoms with Crippen LogP contribution in [0, 0.1) is 0 Å². The molecule has 0 saturated heterocycles. The van der Waals surface area contributed by atoms with E-state index in [2.05, 4.69) is 23.8 Å². The van der Waals surface area contributed by atoms with Crippen LogP contribution in [-0.4, -0.2) is 28.6 Å². The number of benzene rings is 1. The number of esters is 1. The van der Waals surface area contributed by atoms with Crippen molar-refractivity contribution in [2.75, 3.05) is 6.61 Å². The molecule has 1 aromatic carbocycles. The number of carbonyl (C=O) groups is 1. The SMILES string of the molecule is CCCCCCCCc1cnc(-c2ccc(OC(=O)C(C)OCCCC)cc2)nc1. The van der Waals surface area contributed by atoms with E-state index in [0.717, 1.165) is 24.8 Å². The van der Waals surface area contributed by atoms with Gasteiger partial charge in [-0.05, 0) is 56.0 Å². The molecule has 0 fully saturated rings. The lowest BCUT2D eigenvalue weighted by molar-refractivity contribution is -0.146. The van der Waals surface area contributed by atoms with Crippen LogP contribution < -0.4 is 4.74 Å². The molecule has 0 N–H and O–H groups in total. The van der Waals surface area contributed by atoms with Crippen molar-refractivity contribution >= 4 is 5.97 Å². The first kappa shape index (κ1) is 24.0. The number of hydrogen-bond acceptors (Lipinski definition) is 5. The first-order valence-electron chi connectivity index (χ1n) is 11.4. The smallest absolute Gasteiger partial charge is 0.340 e. The van der Waals surface area contributed by atoms with Gasteiger partial charge < -0.3 is 9.47 Å². The molecule has 0 amide bonds. The highest BCUT2D eigenvalue weighted by molar-refractivity contribution is 5.77. The molecule has 5 nitrogen and oxygen atoms in total. The summed E-state index contributed by atoms with van der Waals surface area (Å²) in [6.07, 6.45) is 14.0. The predicted molar refractivity (Wildman–Crippen MR) is 121 cm³/mol. The van der Waals surface area contributed by atoms with Gasteiger partial charge in [0.2, 0.25) is 0 Å². The van der Waals surface area contributed by atoms with Gasteiger partial charge in [0.1, 0.15) is 5.75 Å². The lowest BCUT2D eigenvalue weighted by Crippen LogP contribution is -2.26. The van der Waals surface area contributed by atoms with Crippen molar-refractivity contribution in [3.63, 3.8) is 0 Å².